The zero-order valence-corrected chi connectivity index (χ0v) is 7.12. The Bertz CT molecular complexity index is 87.3. The number of hydrogen-bond acceptors (Lipinski definition) is 1. The van der Waals surface area contributed by atoms with Crippen molar-refractivity contribution in [1.29, 1.82) is 0 Å². The van der Waals surface area contributed by atoms with E-state index < -0.39 is 0 Å². The minimum atomic E-state index is 0. The van der Waals surface area contributed by atoms with Gasteiger partial charge in [0.1, 0.15) is 0 Å². The van der Waals surface area contributed by atoms with Crippen LogP contribution < -0.4 is 5.32 Å². The first-order valence-electron chi connectivity index (χ1n) is 3.78. The number of rotatable bonds is 2. The molecule has 60 valence electrons. The van der Waals surface area contributed by atoms with Gasteiger partial charge in [0.05, 0.1) is 0 Å². The third-order valence-electron chi connectivity index (χ3n) is 1.86. The maximum absolute atomic E-state index is 3.71. The monoisotopic (exact) mass is 161 g/mol. The molecule has 0 aromatic rings. The van der Waals surface area contributed by atoms with Crippen molar-refractivity contribution in [3.63, 3.8) is 0 Å². The van der Waals surface area contributed by atoms with Gasteiger partial charge < -0.3 is 5.32 Å². The molecule has 0 spiro atoms. The fourth-order valence-electron chi connectivity index (χ4n) is 1.33. The van der Waals surface area contributed by atoms with Crippen LogP contribution in [0.25, 0.3) is 0 Å². The van der Waals surface area contributed by atoms with Gasteiger partial charge in [0.2, 0.25) is 0 Å². The summed E-state index contributed by atoms with van der Waals surface area (Å²) in [4.78, 5) is 0. The van der Waals surface area contributed by atoms with Crippen molar-refractivity contribution >= 4 is 12.4 Å². The molecule has 0 saturated carbocycles. The summed E-state index contributed by atoms with van der Waals surface area (Å²) < 4.78 is 0. The minimum Gasteiger partial charge on any atom is -0.314 e. The Morgan fingerprint density at radius 2 is 2.30 bits per heavy atom. The van der Waals surface area contributed by atoms with Crippen molar-refractivity contribution in [2.75, 3.05) is 6.54 Å². The van der Waals surface area contributed by atoms with E-state index in [-0.39, 0.29) is 12.4 Å². The summed E-state index contributed by atoms with van der Waals surface area (Å²) in [5.41, 5.74) is 0. The van der Waals surface area contributed by atoms with Crippen LogP contribution in [0.15, 0.2) is 12.7 Å². The van der Waals surface area contributed by atoms with Gasteiger partial charge in [-0.25, -0.2) is 0 Å². The molecule has 1 nitrogen and oxygen atoms in total. The average Bonchev–Trinajstić information content (AvgIpc) is 1.91. The molecular weight excluding hydrogens is 146 g/mol. The number of halogens is 1. The molecule has 0 aromatic carbocycles. The predicted molar refractivity (Wildman–Crippen MR) is 47.7 cm³/mol. The highest BCUT2D eigenvalue weighted by Crippen LogP contribution is 2.09. The van der Waals surface area contributed by atoms with Gasteiger partial charge >= 0.3 is 0 Å². The Labute approximate surface area is 69.3 Å². The summed E-state index contributed by atoms with van der Waals surface area (Å²) in [5, 5.41) is 3.45. The first kappa shape index (κ1) is 9.99. The molecule has 0 amide bonds. The summed E-state index contributed by atoms with van der Waals surface area (Å²) >= 11 is 0. The summed E-state index contributed by atoms with van der Waals surface area (Å²) in [7, 11) is 0. The van der Waals surface area contributed by atoms with Crippen molar-refractivity contribution in [3.05, 3.63) is 12.7 Å². The summed E-state index contributed by atoms with van der Waals surface area (Å²) in [6.07, 6.45) is 7.23. The smallest absolute Gasteiger partial charge is 0.0101 e. The van der Waals surface area contributed by atoms with Gasteiger partial charge in [0.25, 0.3) is 0 Å². The van der Waals surface area contributed by atoms with Crippen molar-refractivity contribution in [1.82, 2.24) is 5.32 Å². The lowest BCUT2D eigenvalue weighted by molar-refractivity contribution is 0.404. The predicted octanol–water partition coefficient (Wildman–Crippen LogP) is 2.13. The molecule has 1 saturated heterocycles. The largest absolute Gasteiger partial charge is 0.314 e. The fourth-order valence-corrected chi connectivity index (χ4v) is 1.33. The molecule has 10 heavy (non-hydrogen) atoms. The SMILES string of the molecule is C=CC[C@@H]1CCCCN1.Cl. The van der Waals surface area contributed by atoms with Crippen molar-refractivity contribution in [2.24, 2.45) is 0 Å². The molecule has 0 unspecified atom stereocenters. The van der Waals surface area contributed by atoms with Crippen LogP contribution >= 0.6 is 12.4 Å². The lowest BCUT2D eigenvalue weighted by Gasteiger charge is -2.21. The van der Waals surface area contributed by atoms with Crippen LogP contribution in [0.5, 0.6) is 0 Å². The standard InChI is InChI=1S/C8H15N.ClH/c1-2-5-8-6-3-4-7-9-8;/h2,8-9H,1,3-7H2;1H/t8-;/m1./s1. The van der Waals surface area contributed by atoms with Crippen LogP contribution in [0.1, 0.15) is 25.7 Å². The summed E-state index contributed by atoms with van der Waals surface area (Å²) in [6.45, 7) is 4.92. The number of hydrogen-bond donors (Lipinski definition) is 1. The first-order chi connectivity index (χ1) is 4.43. The molecular formula is C8H16ClN. The van der Waals surface area contributed by atoms with E-state index in [9.17, 15) is 0 Å². The normalized spacial score (nSPS) is 25.0. The van der Waals surface area contributed by atoms with E-state index in [4.69, 9.17) is 0 Å². The van der Waals surface area contributed by atoms with E-state index in [0.717, 1.165) is 12.5 Å². The highest BCUT2D eigenvalue weighted by atomic mass is 35.5. The molecule has 1 N–H and O–H groups in total. The molecule has 1 heterocycles. The average molecular weight is 162 g/mol. The third kappa shape index (κ3) is 3.23. The Hall–Kier alpha value is -0.0100. The third-order valence-corrected chi connectivity index (χ3v) is 1.86. The van der Waals surface area contributed by atoms with Crippen molar-refractivity contribution in [2.45, 2.75) is 31.7 Å². The lowest BCUT2D eigenvalue weighted by Crippen LogP contribution is -2.33. The molecule has 0 bridgehead atoms. The molecule has 1 atom stereocenters. The van der Waals surface area contributed by atoms with Gasteiger partial charge in [-0.05, 0) is 25.8 Å². The van der Waals surface area contributed by atoms with Gasteiger partial charge in [0.15, 0.2) is 0 Å². The van der Waals surface area contributed by atoms with Crippen LogP contribution in [-0.4, -0.2) is 12.6 Å². The van der Waals surface area contributed by atoms with Crippen molar-refractivity contribution < 1.29 is 0 Å². The van der Waals surface area contributed by atoms with Gasteiger partial charge in [0, 0.05) is 6.04 Å². The molecule has 1 fully saturated rings. The Balaban J connectivity index is 0.000000810. The van der Waals surface area contributed by atoms with E-state index in [1.54, 1.807) is 0 Å². The van der Waals surface area contributed by atoms with Crippen molar-refractivity contribution in [3.8, 4) is 0 Å². The van der Waals surface area contributed by atoms with E-state index in [2.05, 4.69) is 11.9 Å². The van der Waals surface area contributed by atoms with Crippen LogP contribution in [-0.2, 0) is 0 Å². The zero-order chi connectivity index (χ0) is 6.53. The Morgan fingerprint density at radius 1 is 1.50 bits per heavy atom. The molecule has 1 rings (SSSR count). The second kappa shape index (κ2) is 5.75. The second-order valence-corrected chi connectivity index (χ2v) is 2.67. The van der Waals surface area contributed by atoms with E-state index in [1.165, 1.54) is 25.8 Å². The van der Waals surface area contributed by atoms with Gasteiger partial charge in [-0.1, -0.05) is 12.5 Å². The number of nitrogens with one attached hydrogen (secondary N) is 1. The lowest BCUT2D eigenvalue weighted by atomic mass is 10.0. The van der Waals surface area contributed by atoms with E-state index in [0.29, 0.717) is 0 Å². The molecule has 0 aliphatic carbocycles. The topological polar surface area (TPSA) is 12.0 Å². The molecule has 0 aromatic heterocycles. The van der Waals surface area contributed by atoms with Gasteiger partial charge in [-0.15, -0.1) is 19.0 Å². The summed E-state index contributed by atoms with van der Waals surface area (Å²) in [5.74, 6) is 0. The second-order valence-electron chi connectivity index (χ2n) is 2.67. The van der Waals surface area contributed by atoms with E-state index >= 15 is 0 Å². The van der Waals surface area contributed by atoms with Crippen LogP contribution in [0, 0.1) is 0 Å². The maximum Gasteiger partial charge on any atom is 0.0101 e. The van der Waals surface area contributed by atoms with Gasteiger partial charge in [-0.3, -0.25) is 0 Å². The Morgan fingerprint density at radius 3 is 2.80 bits per heavy atom. The van der Waals surface area contributed by atoms with Crippen LogP contribution in [0.4, 0.5) is 0 Å². The number of piperidine rings is 1. The molecule has 0 radical (unpaired) electrons. The zero-order valence-electron chi connectivity index (χ0n) is 6.31. The highest BCUT2D eigenvalue weighted by Gasteiger charge is 2.09. The molecule has 1 aliphatic rings. The maximum atomic E-state index is 3.71. The summed E-state index contributed by atoms with van der Waals surface area (Å²) in [6, 6.07) is 0.733. The molecule has 1 aliphatic heterocycles. The van der Waals surface area contributed by atoms with Gasteiger partial charge in [-0.2, -0.15) is 0 Å². The highest BCUT2D eigenvalue weighted by molar-refractivity contribution is 5.85. The fraction of sp³-hybridized carbons (Fsp3) is 0.750. The minimum absolute atomic E-state index is 0. The molecule has 2 heteroatoms. The first-order valence-corrected chi connectivity index (χ1v) is 3.78. The van der Waals surface area contributed by atoms with E-state index in [1.807, 2.05) is 6.08 Å². The Kier molecular flexibility index (Phi) is 5.74. The van der Waals surface area contributed by atoms with Crippen LogP contribution in [0.3, 0.4) is 0 Å². The quantitative estimate of drug-likeness (QED) is 0.612. The van der Waals surface area contributed by atoms with Crippen LogP contribution in [0.2, 0.25) is 0 Å².